The Morgan fingerprint density at radius 2 is 1.66 bits per heavy atom. The van der Waals surface area contributed by atoms with Gasteiger partial charge in [0.15, 0.2) is 0 Å². The van der Waals surface area contributed by atoms with Crippen LogP contribution >= 0.6 is 11.8 Å². The minimum absolute atomic E-state index is 0.233. The standard InChI is InChI=1S/C25H27N3S/c1-26-17-18-9-11-19(12-10-18)24(20-13-15-21(16-14-20)27(2)3)25-28(4)22-7-5-6-8-23(22)29-25/h5-17,25-26H,1-4H3. The van der Waals surface area contributed by atoms with Crippen LogP contribution in [-0.2, 0) is 0 Å². The van der Waals surface area contributed by atoms with Crippen LogP contribution in [0, 0.1) is 0 Å². The number of para-hydroxylation sites is 1. The van der Waals surface area contributed by atoms with E-state index in [-0.39, 0.29) is 5.37 Å². The second-order valence-electron chi connectivity index (χ2n) is 7.46. The number of hydrogen-bond acceptors (Lipinski definition) is 4. The lowest BCUT2D eigenvalue weighted by atomic mass is 10.0. The average Bonchev–Trinajstić information content (AvgIpc) is 3.07. The van der Waals surface area contributed by atoms with Crippen LogP contribution in [0.1, 0.15) is 5.56 Å². The third-order valence-electron chi connectivity index (χ3n) is 5.31. The highest BCUT2D eigenvalue weighted by molar-refractivity contribution is 8.01. The first-order valence-corrected chi connectivity index (χ1v) is 10.7. The molecule has 148 valence electrons. The smallest absolute Gasteiger partial charge is 0.106 e. The van der Waals surface area contributed by atoms with E-state index >= 15 is 0 Å². The van der Waals surface area contributed by atoms with Crippen molar-refractivity contribution >= 4 is 34.9 Å². The molecule has 29 heavy (non-hydrogen) atoms. The van der Waals surface area contributed by atoms with Gasteiger partial charge in [0, 0.05) is 45.0 Å². The van der Waals surface area contributed by atoms with Crippen molar-refractivity contribution in [1.82, 2.24) is 5.32 Å². The summed E-state index contributed by atoms with van der Waals surface area (Å²) in [7, 11) is 8.28. The predicted octanol–water partition coefficient (Wildman–Crippen LogP) is 3.48. The average molecular weight is 402 g/mol. The predicted molar refractivity (Wildman–Crippen MR) is 127 cm³/mol. The number of hydrogen-bond donors (Lipinski definition) is 1. The van der Waals surface area contributed by atoms with Gasteiger partial charge in [-0.1, -0.05) is 60.3 Å². The molecule has 0 aliphatic carbocycles. The van der Waals surface area contributed by atoms with E-state index in [1.165, 1.54) is 37.8 Å². The minimum atomic E-state index is 0.233. The van der Waals surface area contributed by atoms with Crippen molar-refractivity contribution in [1.29, 1.82) is 0 Å². The first kappa shape index (κ1) is 19.5. The Bertz CT molecular complexity index is 1100. The van der Waals surface area contributed by atoms with E-state index in [1.54, 1.807) is 0 Å². The molecule has 3 nitrogen and oxygen atoms in total. The molecule has 0 radical (unpaired) electrons. The van der Waals surface area contributed by atoms with Gasteiger partial charge < -0.3 is 15.1 Å². The van der Waals surface area contributed by atoms with E-state index in [0.29, 0.717) is 0 Å². The summed E-state index contributed by atoms with van der Waals surface area (Å²) in [6.07, 6.45) is 2.02. The molecule has 1 atom stereocenters. The first-order chi connectivity index (χ1) is 14.1. The molecule has 0 spiro atoms. The van der Waals surface area contributed by atoms with Gasteiger partial charge in [0.1, 0.15) is 5.37 Å². The fraction of sp³-hybridized carbons (Fsp3) is 0.200. The largest absolute Gasteiger partial charge is 0.393 e. The molecule has 1 aliphatic heterocycles. The van der Waals surface area contributed by atoms with Gasteiger partial charge >= 0.3 is 0 Å². The van der Waals surface area contributed by atoms with Gasteiger partial charge in [0.2, 0.25) is 0 Å². The Labute approximate surface area is 177 Å². The molecule has 4 rings (SSSR count). The summed E-state index contributed by atoms with van der Waals surface area (Å²) >= 11 is 1.93. The molecule has 0 bridgehead atoms. The van der Waals surface area contributed by atoms with E-state index in [4.69, 9.17) is 0 Å². The lowest BCUT2D eigenvalue weighted by Gasteiger charge is -2.25. The van der Waals surface area contributed by atoms with Gasteiger partial charge in [-0.25, -0.2) is 0 Å². The molecule has 1 heterocycles. The van der Waals surface area contributed by atoms with Crippen molar-refractivity contribution in [2.24, 2.45) is 0 Å². The highest BCUT2D eigenvalue weighted by Gasteiger charge is 2.30. The van der Waals surface area contributed by atoms with Gasteiger partial charge in [-0.2, -0.15) is 0 Å². The van der Waals surface area contributed by atoms with Crippen LogP contribution in [0.15, 0.2) is 77.7 Å². The van der Waals surface area contributed by atoms with Gasteiger partial charge in [-0.3, -0.25) is 0 Å². The van der Waals surface area contributed by atoms with E-state index in [9.17, 15) is 0 Å². The van der Waals surface area contributed by atoms with Crippen molar-refractivity contribution in [2.45, 2.75) is 10.3 Å². The maximum Gasteiger partial charge on any atom is 0.106 e. The summed E-state index contributed by atoms with van der Waals surface area (Å²) in [6.45, 7) is 0. The van der Waals surface area contributed by atoms with Crippen LogP contribution in [0.3, 0.4) is 0 Å². The second kappa shape index (κ2) is 8.26. The molecule has 0 fully saturated rings. The third kappa shape index (κ3) is 3.85. The van der Waals surface area contributed by atoms with Gasteiger partial charge in [0.25, 0.3) is 0 Å². The number of nitrogens with one attached hydrogen (secondary N) is 1. The quantitative estimate of drug-likeness (QED) is 0.721. The minimum Gasteiger partial charge on any atom is -0.393 e. The van der Waals surface area contributed by atoms with Crippen LogP contribution in [0.5, 0.6) is 0 Å². The SMILES string of the molecule is CNC=c1ccc(=C(c2ccc(N(C)C)cc2)C2Sc3ccccc3N2C)cc1. The molecular formula is C25H27N3S. The summed E-state index contributed by atoms with van der Waals surface area (Å²) in [5, 5.41) is 5.77. The monoisotopic (exact) mass is 401 g/mol. The maximum atomic E-state index is 3.11. The topological polar surface area (TPSA) is 18.5 Å². The Balaban J connectivity index is 1.86. The molecule has 0 saturated heterocycles. The molecule has 4 heteroatoms. The summed E-state index contributed by atoms with van der Waals surface area (Å²) in [5.74, 6) is 0. The number of anilines is 2. The molecule has 1 aliphatic rings. The fourth-order valence-corrected chi connectivity index (χ4v) is 5.14. The van der Waals surface area contributed by atoms with Crippen molar-refractivity contribution in [3.63, 3.8) is 0 Å². The van der Waals surface area contributed by atoms with E-state index in [1.807, 2.05) is 25.0 Å². The van der Waals surface area contributed by atoms with Gasteiger partial charge in [-0.15, -0.1) is 0 Å². The van der Waals surface area contributed by atoms with Crippen LogP contribution < -0.4 is 25.6 Å². The Morgan fingerprint density at radius 1 is 0.966 bits per heavy atom. The Hall–Kier alpha value is -2.85. The molecule has 0 saturated carbocycles. The highest BCUT2D eigenvalue weighted by atomic mass is 32.2. The lowest BCUT2D eigenvalue weighted by molar-refractivity contribution is 0.997. The van der Waals surface area contributed by atoms with Crippen molar-refractivity contribution in [3.8, 4) is 0 Å². The number of rotatable bonds is 4. The molecule has 1 unspecified atom stereocenters. The Kier molecular flexibility index (Phi) is 5.54. The van der Waals surface area contributed by atoms with Crippen LogP contribution in [-0.4, -0.2) is 33.6 Å². The summed E-state index contributed by atoms with van der Waals surface area (Å²) < 4.78 is 0. The second-order valence-corrected chi connectivity index (χ2v) is 8.58. The summed E-state index contributed by atoms with van der Waals surface area (Å²) in [4.78, 5) is 5.86. The Morgan fingerprint density at radius 3 is 2.28 bits per heavy atom. The molecule has 0 aromatic heterocycles. The van der Waals surface area contributed by atoms with E-state index < -0.39 is 0 Å². The normalized spacial score (nSPS) is 15.0. The van der Waals surface area contributed by atoms with Crippen molar-refractivity contribution in [3.05, 3.63) is 88.8 Å². The third-order valence-corrected chi connectivity index (χ3v) is 6.68. The zero-order valence-electron chi connectivity index (χ0n) is 17.4. The number of fused-ring (bicyclic) bond motifs is 1. The van der Waals surface area contributed by atoms with Crippen LogP contribution in [0.4, 0.5) is 11.4 Å². The van der Waals surface area contributed by atoms with Crippen LogP contribution in [0.25, 0.3) is 11.8 Å². The lowest BCUT2D eigenvalue weighted by Crippen LogP contribution is -2.30. The molecule has 1 N–H and O–H groups in total. The molecule has 3 aromatic carbocycles. The number of nitrogens with zero attached hydrogens (tertiary/aromatic N) is 2. The number of thioether (sulfide) groups is 1. The van der Waals surface area contributed by atoms with Gasteiger partial charge in [0.05, 0.1) is 5.69 Å². The maximum absolute atomic E-state index is 3.11. The fourth-order valence-electron chi connectivity index (χ4n) is 3.74. The molecule has 0 amide bonds. The summed E-state index contributed by atoms with van der Waals surface area (Å²) in [6, 6.07) is 26.4. The summed E-state index contributed by atoms with van der Waals surface area (Å²) in [5.41, 5.74) is 5.11. The zero-order valence-corrected chi connectivity index (χ0v) is 18.2. The molecule has 3 aromatic rings. The van der Waals surface area contributed by atoms with E-state index in [0.717, 1.165) is 0 Å². The first-order valence-electron chi connectivity index (χ1n) is 9.82. The zero-order chi connectivity index (χ0) is 20.4. The van der Waals surface area contributed by atoms with Crippen molar-refractivity contribution < 1.29 is 0 Å². The number of likely N-dealkylation sites (N-methyl/N-ethyl adjacent to an activating group) is 1. The van der Waals surface area contributed by atoms with Crippen molar-refractivity contribution in [2.75, 3.05) is 38.0 Å². The van der Waals surface area contributed by atoms with E-state index in [2.05, 4.69) is 109 Å². The number of benzene rings is 3. The van der Waals surface area contributed by atoms with Crippen LogP contribution in [0.2, 0.25) is 0 Å². The highest BCUT2D eigenvalue weighted by Crippen LogP contribution is 2.46. The molecular weight excluding hydrogens is 374 g/mol. The van der Waals surface area contributed by atoms with Gasteiger partial charge in [-0.05, 0) is 45.8 Å².